The molecular weight excluding hydrogens is 537 g/mol. The number of rotatable bonds is 11. The molecule has 7 nitrogen and oxygen atoms in total. The number of benzene rings is 3. The van der Waals surface area contributed by atoms with E-state index in [0.717, 1.165) is 11.1 Å². The van der Waals surface area contributed by atoms with Gasteiger partial charge < -0.3 is 10.2 Å². The van der Waals surface area contributed by atoms with Crippen LogP contribution in [0.3, 0.4) is 0 Å². The molecule has 0 fully saturated rings. The molecular formula is C30H29Cl2N3O4. The molecule has 1 aliphatic heterocycles. The first kappa shape index (κ1) is 28.3. The van der Waals surface area contributed by atoms with Crippen LogP contribution in [0.25, 0.3) is 0 Å². The molecule has 0 aromatic heterocycles. The summed E-state index contributed by atoms with van der Waals surface area (Å²) >= 11 is 12.3. The Balaban J connectivity index is 1.54. The van der Waals surface area contributed by atoms with E-state index in [1.807, 2.05) is 37.3 Å². The number of nitrogens with one attached hydrogen (secondary N) is 1. The van der Waals surface area contributed by atoms with Gasteiger partial charge in [-0.2, -0.15) is 0 Å². The summed E-state index contributed by atoms with van der Waals surface area (Å²) in [6, 6.07) is 20.5. The van der Waals surface area contributed by atoms with Crippen molar-refractivity contribution in [3.8, 4) is 0 Å². The standard InChI is InChI=1S/C30H29Cl2N3O4/c1-2-33-28(37)26(18-20-9-4-3-5-10-20)35(19-21-14-15-24(31)25(32)17-21)27(36)13-8-16-34-29(38)22-11-6-7-12-23(22)30(34)39/h3-7,9-12,14-15,17,26H,2,8,13,16,18-19H2,1H3,(H,33,37)/t26-/m1/s1. The monoisotopic (exact) mass is 565 g/mol. The lowest BCUT2D eigenvalue weighted by Gasteiger charge is -2.32. The van der Waals surface area contributed by atoms with Crippen LogP contribution in [-0.4, -0.2) is 52.6 Å². The van der Waals surface area contributed by atoms with Crippen molar-refractivity contribution in [2.45, 2.75) is 38.8 Å². The highest BCUT2D eigenvalue weighted by atomic mass is 35.5. The number of likely N-dealkylation sites (N-methyl/N-ethyl adjacent to an activating group) is 1. The van der Waals surface area contributed by atoms with Crippen molar-refractivity contribution < 1.29 is 19.2 Å². The van der Waals surface area contributed by atoms with Gasteiger partial charge in [0.2, 0.25) is 11.8 Å². The Labute approximate surface area is 237 Å². The van der Waals surface area contributed by atoms with Crippen molar-refractivity contribution in [2.24, 2.45) is 0 Å². The van der Waals surface area contributed by atoms with E-state index in [-0.39, 0.29) is 49.6 Å². The van der Waals surface area contributed by atoms with Crippen LogP contribution >= 0.6 is 23.2 Å². The third kappa shape index (κ3) is 6.67. The van der Waals surface area contributed by atoms with E-state index in [0.29, 0.717) is 34.1 Å². The van der Waals surface area contributed by atoms with Gasteiger partial charge in [-0.1, -0.05) is 71.7 Å². The summed E-state index contributed by atoms with van der Waals surface area (Å²) in [6.07, 6.45) is 0.618. The number of carbonyl (C=O) groups is 4. The second-order valence-corrected chi connectivity index (χ2v) is 10.1. The van der Waals surface area contributed by atoms with Crippen LogP contribution < -0.4 is 5.32 Å². The average molecular weight is 566 g/mol. The highest BCUT2D eigenvalue weighted by Gasteiger charge is 2.35. The van der Waals surface area contributed by atoms with Crippen LogP contribution in [0.15, 0.2) is 72.8 Å². The summed E-state index contributed by atoms with van der Waals surface area (Å²) in [4.78, 5) is 55.1. The fraction of sp³-hybridized carbons (Fsp3) is 0.267. The van der Waals surface area contributed by atoms with Gasteiger partial charge in [-0.05, 0) is 48.7 Å². The van der Waals surface area contributed by atoms with Crippen LogP contribution in [0.1, 0.15) is 51.6 Å². The molecule has 1 heterocycles. The van der Waals surface area contributed by atoms with Gasteiger partial charge in [-0.25, -0.2) is 0 Å². The van der Waals surface area contributed by atoms with Gasteiger partial charge in [-0.15, -0.1) is 0 Å². The number of imide groups is 1. The number of hydrogen-bond donors (Lipinski definition) is 1. The van der Waals surface area contributed by atoms with E-state index < -0.39 is 6.04 Å². The third-order valence-corrected chi connectivity index (χ3v) is 7.35. The Morgan fingerprint density at radius 2 is 1.51 bits per heavy atom. The van der Waals surface area contributed by atoms with Crippen molar-refractivity contribution in [1.29, 1.82) is 0 Å². The summed E-state index contributed by atoms with van der Waals surface area (Å²) < 4.78 is 0. The van der Waals surface area contributed by atoms with Gasteiger partial charge in [0.25, 0.3) is 11.8 Å². The summed E-state index contributed by atoms with van der Waals surface area (Å²) in [5.41, 5.74) is 2.37. The summed E-state index contributed by atoms with van der Waals surface area (Å²) in [7, 11) is 0. The van der Waals surface area contributed by atoms with Crippen molar-refractivity contribution in [3.05, 3.63) is 105 Å². The van der Waals surface area contributed by atoms with Crippen LogP contribution in [0.4, 0.5) is 0 Å². The number of amides is 4. The number of fused-ring (bicyclic) bond motifs is 1. The molecule has 0 unspecified atom stereocenters. The Hall–Kier alpha value is -3.68. The van der Waals surface area contributed by atoms with Crippen LogP contribution in [-0.2, 0) is 22.6 Å². The lowest BCUT2D eigenvalue weighted by atomic mass is 10.0. The zero-order valence-electron chi connectivity index (χ0n) is 21.5. The van der Waals surface area contributed by atoms with Gasteiger partial charge in [-0.3, -0.25) is 24.1 Å². The molecule has 4 amide bonds. The highest BCUT2D eigenvalue weighted by Crippen LogP contribution is 2.26. The molecule has 1 N–H and O–H groups in total. The lowest BCUT2D eigenvalue weighted by Crippen LogP contribution is -2.50. The molecule has 4 rings (SSSR count). The maximum Gasteiger partial charge on any atom is 0.261 e. The largest absolute Gasteiger partial charge is 0.355 e. The average Bonchev–Trinajstić information content (AvgIpc) is 3.18. The predicted octanol–water partition coefficient (Wildman–Crippen LogP) is 5.15. The molecule has 3 aromatic carbocycles. The Bertz CT molecular complexity index is 1340. The Morgan fingerprint density at radius 1 is 0.872 bits per heavy atom. The lowest BCUT2D eigenvalue weighted by molar-refractivity contribution is -0.141. The number of nitrogens with zero attached hydrogens (tertiary/aromatic N) is 2. The minimum Gasteiger partial charge on any atom is -0.355 e. The second kappa shape index (κ2) is 12.9. The molecule has 39 heavy (non-hydrogen) atoms. The molecule has 0 saturated heterocycles. The number of carbonyl (C=O) groups excluding carboxylic acids is 4. The van der Waals surface area contributed by atoms with E-state index >= 15 is 0 Å². The SMILES string of the molecule is CCNC(=O)[C@@H](Cc1ccccc1)N(Cc1ccc(Cl)c(Cl)c1)C(=O)CCCN1C(=O)c2ccccc2C1=O. The molecule has 0 bridgehead atoms. The predicted molar refractivity (Wildman–Crippen MR) is 151 cm³/mol. The fourth-order valence-corrected chi connectivity index (χ4v) is 4.98. The van der Waals surface area contributed by atoms with Crippen LogP contribution in [0, 0.1) is 0 Å². The molecule has 1 aliphatic rings. The highest BCUT2D eigenvalue weighted by molar-refractivity contribution is 6.42. The minimum atomic E-state index is -0.784. The summed E-state index contributed by atoms with van der Waals surface area (Å²) in [5.74, 6) is -1.26. The van der Waals surface area contributed by atoms with Crippen molar-refractivity contribution in [2.75, 3.05) is 13.1 Å². The van der Waals surface area contributed by atoms with Crippen LogP contribution in [0.5, 0.6) is 0 Å². The maximum absolute atomic E-state index is 13.7. The maximum atomic E-state index is 13.7. The Morgan fingerprint density at radius 3 is 2.13 bits per heavy atom. The van der Waals surface area contributed by atoms with Gasteiger partial charge in [0.1, 0.15) is 6.04 Å². The zero-order chi connectivity index (χ0) is 27.9. The van der Waals surface area contributed by atoms with Crippen molar-refractivity contribution >= 4 is 46.8 Å². The number of halogens is 2. The fourth-order valence-electron chi connectivity index (χ4n) is 4.65. The zero-order valence-corrected chi connectivity index (χ0v) is 23.0. The molecule has 0 saturated carbocycles. The quantitative estimate of drug-likeness (QED) is 0.326. The first-order chi connectivity index (χ1) is 18.8. The van der Waals surface area contributed by atoms with Gasteiger partial charge >= 0.3 is 0 Å². The van der Waals surface area contributed by atoms with E-state index in [1.54, 1.807) is 47.4 Å². The first-order valence-corrected chi connectivity index (χ1v) is 13.6. The molecule has 0 radical (unpaired) electrons. The van der Waals surface area contributed by atoms with E-state index in [1.165, 1.54) is 4.90 Å². The third-order valence-electron chi connectivity index (χ3n) is 6.61. The van der Waals surface area contributed by atoms with Crippen molar-refractivity contribution in [3.63, 3.8) is 0 Å². The summed E-state index contributed by atoms with van der Waals surface area (Å²) in [6.45, 7) is 2.48. The molecule has 202 valence electrons. The number of hydrogen-bond acceptors (Lipinski definition) is 4. The smallest absolute Gasteiger partial charge is 0.261 e. The molecule has 0 spiro atoms. The minimum absolute atomic E-state index is 0.0411. The topological polar surface area (TPSA) is 86.8 Å². The van der Waals surface area contributed by atoms with E-state index in [4.69, 9.17) is 23.2 Å². The van der Waals surface area contributed by atoms with E-state index in [2.05, 4.69) is 5.32 Å². The molecule has 3 aromatic rings. The first-order valence-electron chi connectivity index (χ1n) is 12.8. The second-order valence-electron chi connectivity index (χ2n) is 9.28. The van der Waals surface area contributed by atoms with Gasteiger partial charge in [0.15, 0.2) is 0 Å². The van der Waals surface area contributed by atoms with E-state index in [9.17, 15) is 19.2 Å². The molecule has 0 aliphatic carbocycles. The van der Waals surface area contributed by atoms with Crippen LogP contribution in [0.2, 0.25) is 10.0 Å². The van der Waals surface area contributed by atoms with Gasteiger partial charge in [0, 0.05) is 32.5 Å². The Kier molecular flexibility index (Phi) is 9.38. The normalized spacial score (nSPS) is 13.3. The molecule has 9 heteroatoms. The summed E-state index contributed by atoms with van der Waals surface area (Å²) in [5, 5.41) is 3.60. The molecule has 1 atom stereocenters. The van der Waals surface area contributed by atoms with Gasteiger partial charge in [0.05, 0.1) is 21.2 Å². The van der Waals surface area contributed by atoms with Crippen molar-refractivity contribution in [1.82, 2.24) is 15.1 Å².